The number of hydrogen-bond acceptors (Lipinski definition) is 3. The summed E-state index contributed by atoms with van der Waals surface area (Å²) in [5.74, 6) is 0.267. The van der Waals surface area contributed by atoms with Gasteiger partial charge >= 0.3 is 0 Å². The normalized spacial score (nSPS) is 20.0. The highest BCUT2D eigenvalue weighted by Gasteiger charge is 2.48. The molecule has 2 aliphatic rings. The first kappa shape index (κ1) is 23.2. The van der Waals surface area contributed by atoms with E-state index in [1.54, 1.807) is 60.7 Å². The van der Waals surface area contributed by atoms with Gasteiger partial charge in [0.25, 0.3) is 15.6 Å². The maximum atomic E-state index is 14.1. The number of benzene rings is 2. The molecule has 1 aliphatic heterocycles. The minimum absolute atomic E-state index is 0.0407. The molecule has 2 aromatic carbocycles. The van der Waals surface area contributed by atoms with Crippen molar-refractivity contribution < 1.29 is 8.42 Å². The molecule has 0 fully saturated rings. The van der Waals surface area contributed by atoms with Gasteiger partial charge in [-0.15, -0.1) is 0 Å². The Morgan fingerprint density at radius 3 is 1.88 bits per heavy atom. The number of rotatable bonds is 4. The molecule has 0 saturated carbocycles. The largest absolute Gasteiger partial charge is 0.284 e. The molecule has 2 atom stereocenters. The molecule has 0 saturated heterocycles. The van der Waals surface area contributed by atoms with Crippen molar-refractivity contribution in [1.29, 1.82) is 0 Å². The number of anilines is 1. The van der Waals surface area contributed by atoms with Gasteiger partial charge in [0, 0.05) is 16.1 Å². The Hall–Kier alpha value is -2.51. The first-order valence-electron chi connectivity index (χ1n) is 10.6. The molecule has 174 valence electrons. The summed E-state index contributed by atoms with van der Waals surface area (Å²) in [5.41, 5.74) is 1.12. The smallest absolute Gasteiger partial charge is 0.267 e. The van der Waals surface area contributed by atoms with E-state index in [9.17, 15) is 13.2 Å². The molecule has 0 bridgehead atoms. The highest BCUT2D eigenvalue weighted by molar-refractivity contribution is 7.97. The van der Waals surface area contributed by atoms with Crippen LogP contribution in [0.4, 0.5) is 5.82 Å². The van der Waals surface area contributed by atoms with Crippen LogP contribution in [0.25, 0.3) is 0 Å². The van der Waals surface area contributed by atoms with Gasteiger partial charge in [0.05, 0.1) is 17.1 Å². The van der Waals surface area contributed by atoms with Crippen molar-refractivity contribution in [3.05, 3.63) is 120 Å². The third-order valence-corrected chi connectivity index (χ3v) is 8.89. The van der Waals surface area contributed by atoms with Crippen molar-refractivity contribution in [3.8, 4) is 0 Å². The second-order valence-corrected chi connectivity index (χ2v) is 11.1. The zero-order chi connectivity index (χ0) is 24.0. The van der Waals surface area contributed by atoms with Gasteiger partial charge in [0.2, 0.25) is 0 Å². The summed E-state index contributed by atoms with van der Waals surface area (Å²) in [5, 5.41) is 1.25. The minimum atomic E-state index is -4.12. The average molecular weight is 534 g/mol. The van der Waals surface area contributed by atoms with Crippen molar-refractivity contribution in [2.75, 3.05) is 4.31 Å². The number of allylic oxidation sites excluding steroid dienone is 3. The molecule has 1 aromatic heterocycles. The summed E-state index contributed by atoms with van der Waals surface area (Å²) < 4.78 is 31.1. The first-order chi connectivity index (χ1) is 16.3. The van der Waals surface area contributed by atoms with Crippen molar-refractivity contribution in [2.24, 2.45) is 0 Å². The highest BCUT2D eigenvalue weighted by atomic mass is 35.5. The van der Waals surface area contributed by atoms with Crippen LogP contribution in [0.2, 0.25) is 10.0 Å². The van der Waals surface area contributed by atoms with Crippen molar-refractivity contribution >= 4 is 50.6 Å². The number of fused-ring (bicyclic) bond motifs is 1. The molecular formula is C25H19Cl3N2O3S. The molecule has 5 rings (SSSR count). The fraction of sp³-hybridized carbons (Fsp3) is 0.160. The molecule has 0 amide bonds. The van der Waals surface area contributed by atoms with E-state index in [0.29, 0.717) is 28.5 Å². The van der Waals surface area contributed by atoms with E-state index < -0.39 is 22.1 Å². The lowest BCUT2D eigenvalue weighted by molar-refractivity contribution is 0.531. The predicted molar refractivity (Wildman–Crippen MR) is 137 cm³/mol. The van der Waals surface area contributed by atoms with Gasteiger partial charge in [-0.2, -0.15) is 0 Å². The van der Waals surface area contributed by atoms with E-state index in [1.165, 1.54) is 14.9 Å². The zero-order valence-electron chi connectivity index (χ0n) is 17.7. The third-order valence-electron chi connectivity index (χ3n) is 6.04. The lowest BCUT2D eigenvalue weighted by Crippen LogP contribution is -2.35. The number of nitrogens with zero attached hydrogens (tertiary/aromatic N) is 2. The second-order valence-electron chi connectivity index (χ2n) is 8.08. The summed E-state index contributed by atoms with van der Waals surface area (Å²) in [6.45, 7) is 0. The van der Waals surface area contributed by atoms with Gasteiger partial charge in [-0.05, 0) is 54.3 Å². The molecule has 0 N–H and O–H groups in total. The summed E-state index contributed by atoms with van der Waals surface area (Å²) in [4.78, 5) is 13.2. The topological polar surface area (TPSA) is 59.4 Å². The number of pyridine rings is 1. The lowest BCUT2D eigenvalue weighted by atomic mass is 9.94. The Balaban J connectivity index is 1.80. The van der Waals surface area contributed by atoms with Crippen molar-refractivity contribution in [2.45, 2.75) is 24.9 Å². The van der Waals surface area contributed by atoms with Gasteiger partial charge in [-0.3, -0.25) is 9.36 Å². The zero-order valence-corrected chi connectivity index (χ0v) is 20.8. The summed E-state index contributed by atoms with van der Waals surface area (Å²) in [7, 11) is -4.12. The fourth-order valence-electron chi connectivity index (χ4n) is 4.56. The van der Waals surface area contributed by atoms with Gasteiger partial charge in [-0.1, -0.05) is 77.3 Å². The monoisotopic (exact) mass is 532 g/mol. The van der Waals surface area contributed by atoms with E-state index in [1.807, 2.05) is 12.1 Å². The summed E-state index contributed by atoms with van der Waals surface area (Å²) in [6, 6.07) is 17.3. The van der Waals surface area contributed by atoms with Gasteiger partial charge in [0.15, 0.2) is 0 Å². The van der Waals surface area contributed by atoms with Crippen LogP contribution < -0.4 is 9.86 Å². The van der Waals surface area contributed by atoms with Crippen LogP contribution in [0.15, 0.2) is 93.6 Å². The molecule has 0 unspecified atom stereocenters. The Labute approximate surface area is 212 Å². The maximum absolute atomic E-state index is 14.1. The number of halogens is 3. The third kappa shape index (κ3) is 3.89. The Morgan fingerprint density at radius 2 is 1.29 bits per heavy atom. The molecular weight excluding hydrogens is 515 g/mol. The quantitative estimate of drug-likeness (QED) is 0.388. The predicted octanol–water partition coefficient (Wildman–Crippen LogP) is 6.44. The fourth-order valence-corrected chi connectivity index (χ4v) is 7.09. The van der Waals surface area contributed by atoms with Gasteiger partial charge in [-0.25, -0.2) is 12.7 Å². The first-order valence-corrected chi connectivity index (χ1v) is 13.2. The van der Waals surface area contributed by atoms with E-state index in [-0.39, 0.29) is 21.3 Å². The van der Waals surface area contributed by atoms with Crippen LogP contribution >= 0.6 is 34.8 Å². The van der Waals surface area contributed by atoms with Crippen molar-refractivity contribution in [1.82, 2.24) is 4.57 Å². The van der Waals surface area contributed by atoms with E-state index in [4.69, 9.17) is 34.8 Å². The van der Waals surface area contributed by atoms with E-state index >= 15 is 0 Å². The van der Waals surface area contributed by atoms with Crippen molar-refractivity contribution in [3.63, 3.8) is 0 Å². The molecule has 34 heavy (non-hydrogen) atoms. The Morgan fingerprint density at radius 1 is 0.735 bits per heavy atom. The molecule has 1 aliphatic carbocycles. The second kappa shape index (κ2) is 8.93. The maximum Gasteiger partial charge on any atom is 0.267 e. The van der Waals surface area contributed by atoms with Crippen LogP contribution in [0.1, 0.15) is 36.1 Å². The lowest BCUT2D eigenvalue weighted by Gasteiger charge is -2.30. The summed E-state index contributed by atoms with van der Waals surface area (Å²) >= 11 is 18.6. The van der Waals surface area contributed by atoms with E-state index in [0.717, 1.165) is 5.56 Å². The van der Waals surface area contributed by atoms with Crippen LogP contribution in [-0.4, -0.2) is 13.0 Å². The number of hydrogen-bond donors (Lipinski definition) is 0. The molecule has 0 spiro atoms. The standard InChI is InChI=1S/C25H19Cl3N2O3S/c26-18-12-8-16(9-13-18)24-25(17-10-14-19(27)15-11-17)30(22-6-3-7-23(31)29(22)24)34(32,33)21-5-2-1-4-20(21)28/h3-15,24-25H,1-2H2/t24-,25+/m0/s1. The number of aromatic nitrogens is 1. The van der Waals surface area contributed by atoms with Gasteiger partial charge in [0.1, 0.15) is 10.7 Å². The van der Waals surface area contributed by atoms with Crippen LogP contribution in [-0.2, 0) is 10.0 Å². The Bertz CT molecular complexity index is 1480. The molecule has 5 nitrogen and oxygen atoms in total. The highest BCUT2D eigenvalue weighted by Crippen LogP contribution is 2.49. The minimum Gasteiger partial charge on any atom is -0.284 e. The van der Waals surface area contributed by atoms with Crippen LogP contribution in [0, 0.1) is 0 Å². The SMILES string of the molecule is O=c1cccc2n1[C@@H](c1ccc(Cl)cc1)[C@@H](c1ccc(Cl)cc1)N2S(=O)(=O)C1=CCCC=C1Cl. The van der Waals surface area contributed by atoms with E-state index in [2.05, 4.69) is 0 Å². The van der Waals surface area contributed by atoms with Crippen LogP contribution in [0.5, 0.6) is 0 Å². The molecule has 0 radical (unpaired) electrons. The molecule has 3 aromatic rings. The Kier molecular flexibility index (Phi) is 6.10. The number of sulfonamides is 1. The molecule has 2 heterocycles. The average Bonchev–Trinajstić information content (AvgIpc) is 3.17. The van der Waals surface area contributed by atoms with Crippen LogP contribution in [0.3, 0.4) is 0 Å². The summed E-state index contributed by atoms with van der Waals surface area (Å²) in [6.07, 6.45) is 4.57. The van der Waals surface area contributed by atoms with Gasteiger partial charge < -0.3 is 0 Å². The molecule has 9 heteroatoms.